The van der Waals surface area contributed by atoms with E-state index in [0.29, 0.717) is 0 Å². The van der Waals surface area contributed by atoms with Gasteiger partial charge >= 0.3 is 6.09 Å². The quantitative estimate of drug-likeness (QED) is 0.597. The molecule has 0 unspecified atom stereocenters. The van der Waals surface area contributed by atoms with Crippen LogP contribution in [0.3, 0.4) is 0 Å². The summed E-state index contributed by atoms with van der Waals surface area (Å²) in [7, 11) is 0. The molecule has 1 fully saturated rings. The number of primary amides is 1. The zero-order valence-electron chi connectivity index (χ0n) is 9.18. The van der Waals surface area contributed by atoms with Gasteiger partial charge < -0.3 is 10.5 Å². The Morgan fingerprint density at radius 3 is 2.00 bits per heavy atom. The molecule has 0 aromatic carbocycles. The highest BCUT2D eigenvalue weighted by molar-refractivity contribution is 14.1. The Bertz CT molecular complexity index is 171. The van der Waals surface area contributed by atoms with E-state index < -0.39 is 11.7 Å². The number of carbonyl (C=O) groups is 1. The van der Waals surface area contributed by atoms with Crippen LogP contribution in [-0.4, -0.2) is 16.1 Å². The average Bonchev–Trinajstić information content (AvgIpc) is 1.78. The van der Waals surface area contributed by atoms with Gasteiger partial charge in [-0.1, -0.05) is 29.0 Å². The van der Waals surface area contributed by atoms with Gasteiger partial charge in [0, 0.05) is 4.43 Å². The Balaban J connectivity index is 0.000000249. The van der Waals surface area contributed by atoms with Gasteiger partial charge in [-0.15, -0.1) is 0 Å². The fraction of sp³-hybridized carbons (Fsp3) is 0.900. The third-order valence-corrected chi connectivity index (χ3v) is 3.10. The first-order valence-corrected chi connectivity index (χ1v) is 6.42. The van der Waals surface area contributed by atoms with E-state index in [1.165, 1.54) is 23.7 Å². The molecule has 1 saturated carbocycles. The van der Waals surface area contributed by atoms with Gasteiger partial charge in [0.2, 0.25) is 0 Å². The van der Waals surface area contributed by atoms with Gasteiger partial charge in [0.05, 0.1) is 0 Å². The highest BCUT2D eigenvalue weighted by atomic mass is 127. The van der Waals surface area contributed by atoms with E-state index in [1.807, 2.05) is 0 Å². The summed E-state index contributed by atoms with van der Waals surface area (Å²) in [6.45, 7) is 5.28. The molecule has 0 aromatic rings. The van der Waals surface area contributed by atoms with Gasteiger partial charge in [-0.3, -0.25) is 0 Å². The van der Waals surface area contributed by atoms with E-state index in [2.05, 4.69) is 27.3 Å². The number of hydrogen-bond donors (Lipinski definition) is 1. The first-order valence-electron chi connectivity index (χ1n) is 4.89. The fourth-order valence-electron chi connectivity index (χ4n) is 0.949. The largest absolute Gasteiger partial charge is 0.444 e. The summed E-state index contributed by atoms with van der Waals surface area (Å²) >= 11 is 2.46. The molecular weight excluding hydrogens is 293 g/mol. The van der Waals surface area contributed by atoms with E-state index in [4.69, 9.17) is 5.73 Å². The molecular formula is C10H20INO2. The van der Waals surface area contributed by atoms with Gasteiger partial charge in [0.25, 0.3) is 0 Å². The van der Waals surface area contributed by atoms with E-state index in [-0.39, 0.29) is 0 Å². The van der Waals surface area contributed by atoms with Crippen LogP contribution in [0.15, 0.2) is 0 Å². The van der Waals surface area contributed by atoms with Crippen LogP contribution in [0.4, 0.5) is 4.79 Å². The average molecular weight is 313 g/mol. The van der Waals surface area contributed by atoms with Crippen LogP contribution in [0, 0.1) is 5.92 Å². The normalized spacial score (nSPS) is 16.3. The number of alkyl halides is 1. The molecule has 84 valence electrons. The minimum Gasteiger partial charge on any atom is -0.444 e. The second-order valence-electron chi connectivity index (χ2n) is 4.48. The van der Waals surface area contributed by atoms with Crippen molar-refractivity contribution in [2.24, 2.45) is 11.7 Å². The van der Waals surface area contributed by atoms with Crippen LogP contribution in [0.1, 0.15) is 40.0 Å². The third-order valence-electron chi connectivity index (χ3n) is 1.85. The fourth-order valence-corrected chi connectivity index (χ4v) is 1.83. The molecule has 14 heavy (non-hydrogen) atoms. The van der Waals surface area contributed by atoms with Crippen molar-refractivity contribution >= 4 is 28.7 Å². The van der Waals surface area contributed by atoms with E-state index in [9.17, 15) is 4.79 Å². The standard InChI is InChI=1S/C5H9I.C5H11NO2/c6-4-5-2-1-3-5;1-5(2,3)8-4(6)7/h5H,1-4H2;1-3H3,(H2,6,7). The lowest BCUT2D eigenvalue weighted by molar-refractivity contribution is 0.0600. The number of hydrogen-bond acceptors (Lipinski definition) is 2. The monoisotopic (exact) mass is 313 g/mol. The molecule has 4 heteroatoms. The summed E-state index contributed by atoms with van der Waals surface area (Å²) in [5.41, 5.74) is 4.26. The molecule has 0 saturated heterocycles. The highest BCUT2D eigenvalue weighted by Gasteiger charge is 2.14. The number of halogens is 1. The molecule has 0 heterocycles. The summed E-state index contributed by atoms with van der Waals surface area (Å²) in [6, 6.07) is 0. The Morgan fingerprint density at radius 1 is 1.50 bits per heavy atom. The summed E-state index contributed by atoms with van der Waals surface area (Å²) in [5, 5.41) is 0. The van der Waals surface area contributed by atoms with Crippen LogP contribution >= 0.6 is 22.6 Å². The maximum Gasteiger partial charge on any atom is 0.405 e. The lowest BCUT2D eigenvalue weighted by Gasteiger charge is -2.21. The molecule has 1 aliphatic carbocycles. The topological polar surface area (TPSA) is 52.3 Å². The van der Waals surface area contributed by atoms with Crippen molar-refractivity contribution in [2.45, 2.75) is 45.6 Å². The Labute approximate surface area is 99.9 Å². The summed E-state index contributed by atoms with van der Waals surface area (Å²) < 4.78 is 5.96. The summed E-state index contributed by atoms with van der Waals surface area (Å²) in [5.74, 6) is 1.10. The smallest absolute Gasteiger partial charge is 0.405 e. The second-order valence-corrected chi connectivity index (χ2v) is 5.37. The molecule has 0 bridgehead atoms. The highest BCUT2D eigenvalue weighted by Crippen LogP contribution is 2.27. The number of ether oxygens (including phenoxy) is 1. The van der Waals surface area contributed by atoms with Gasteiger partial charge in [-0.25, -0.2) is 4.79 Å². The van der Waals surface area contributed by atoms with Crippen LogP contribution in [0.5, 0.6) is 0 Å². The summed E-state index contributed by atoms with van der Waals surface area (Å²) in [6.07, 6.45) is 3.78. The van der Waals surface area contributed by atoms with Crippen molar-refractivity contribution in [1.82, 2.24) is 0 Å². The molecule has 3 nitrogen and oxygen atoms in total. The molecule has 1 rings (SSSR count). The van der Waals surface area contributed by atoms with Gasteiger partial charge in [-0.2, -0.15) is 0 Å². The number of nitrogens with two attached hydrogens (primary N) is 1. The van der Waals surface area contributed by atoms with Crippen molar-refractivity contribution in [1.29, 1.82) is 0 Å². The number of carbonyl (C=O) groups excluding carboxylic acids is 1. The molecule has 0 atom stereocenters. The van der Waals surface area contributed by atoms with E-state index >= 15 is 0 Å². The third kappa shape index (κ3) is 8.59. The lowest BCUT2D eigenvalue weighted by Crippen LogP contribution is -2.27. The Hall–Kier alpha value is 0. The van der Waals surface area contributed by atoms with Crippen molar-refractivity contribution in [3.8, 4) is 0 Å². The minimum atomic E-state index is -0.725. The van der Waals surface area contributed by atoms with Crippen LogP contribution in [0.25, 0.3) is 0 Å². The Morgan fingerprint density at radius 2 is 2.00 bits per heavy atom. The summed E-state index contributed by atoms with van der Waals surface area (Å²) in [4.78, 5) is 10.0. The molecule has 0 aliphatic heterocycles. The first kappa shape index (κ1) is 14.0. The maximum absolute atomic E-state index is 10.0. The molecule has 1 amide bonds. The van der Waals surface area contributed by atoms with Crippen molar-refractivity contribution in [2.75, 3.05) is 4.43 Å². The number of amides is 1. The van der Waals surface area contributed by atoms with Crippen LogP contribution in [-0.2, 0) is 4.74 Å². The molecule has 0 aromatic heterocycles. The second kappa shape index (κ2) is 6.48. The predicted molar refractivity (Wildman–Crippen MR) is 66.6 cm³/mol. The van der Waals surface area contributed by atoms with E-state index in [1.54, 1.807) is 20.8 Å². The van der Waals surface area contributed by atoms with Crippen molar-refractivity contribution in [3.63, 3.8) is 0 Å². The Kier molecular flexibility index (Phi) is 6.48. The lowest BCUT2D eigenvalue weighted by atomic mass is 9.88. The number of rotatable bonds is 1. The molecule has 2 N–H and O–H groups in total. The zero-order valence-corrected chi connectivity index (χ0v) is 11.3. The molecule has 1 aliphatic rings. The van der Waals surface area contributed by atoms with Crippen molar-refractivity contribution in [3.05, 3.63) is 0 Å². The SMILES string of the molecule is CC(C)(C)OC(N)=O.ICC1CCC1. The molecule has 0 radical (unpaired) electrons. The van der Waals surface area contributed by atoms with Gasteiger partial charge in [0.1, 0.15) is 5.60 Å². The van der Waals surface area contributed by atoms with Crippen LogP contribution in [0.2, 0.25) is 0 Å². The minimum absolute atomic E-state index is 0.453. The van der Waals surface area contributed by atoms with Crippen molar-refractivity contribution < 1.29 is 9.53 Å². The van der Waals surface area contributed by atoms with Gasteiger partial charge in [0.15, 0.2) is 0 Å². The first-order chi connectivity index (χ1) is 6.35. The van der Waals surface area contributed by atoms with E-state index in [0.717, 1.165) is 5.92 Å². The van der Waals surface area contributed by atoms with Crippen LogP contribution < -0.4 is 5.73 Å². The molecule has 0 spiro atoms. The zero-order chi connectivity index (χ0) is 11.2. The predicted octanol–water partition coefficient (Wildman–Crippen LogP) is 3.10. The maximum atomic E-state index is 10.0. The van der Waals surface area contributed by atoms with Gasteiger partial charge in [-0.05, 0) is 39.5 Å².